The van der Waals surface area contributed by atoms with Crippen molar-refractivity contribution in [3.63, 3.8) is 0 Å². The highest BCUT2D eigenvalue weighted by atomic mass is 16.5. The van der Waals surface area contributed by atoms with Crippen molar-refractivity contribution in [3.8, 4) is 5.75 Å². The van der Waals surface area contributed by atoms with Crippen LogP contribution in [-0.4, -0.2) is 44.2 Å². The molecule has 0 spiro atoms. The molecular weight excluding hydrogens is 242 g/mol. The van der Waals surface area contributed by atoms with Crippen LogP contribution in [0.5, 0.6) is 5.75 Å². The van der Waals surface area contributed by atoms with Crippen molar-refractivity contribution in [2.24, 2.45) is 0 Å². The SMILES string of the molecule is COC(=O)C(C)(C)N(C)CCc1ccc(OC)cc1. The van der Waals surface area contributed by atoms with Gasteiger partial charge >= 0.3 is 5.97 Å². The highest BCUT2D eigenvalue weighted by Gasteiger charge is 2.32. The van der Waals surface area contributed by atoms with Crippen molar-refractivity contribution < 1.29 is 14.3 Å². The summed E-state index contributed by atoms with van der Waals surface area (Å²) >= 11 is 0. The normalized spacial score (nSPS) is 11.5. The Kier molecular flexibility index (Phi) is 5.36. The number of benzene rings is 1. The number of rotatable bonds is 6. The van der Waals surface area contributed by atoms with Gasteiger partial charge in [0.25, 0.3) is 0 Å². The van der Waals surface area contributed by atoms with Crippen LogP contribution >= 0.6 is 0 Å². The largest absolute Gasteiger partial charge is 0.497 e. The summed E-state index contributed by atoms with van der Waals surface area (Å²) in [5, 5.41) is 0. The van der Waals surface area contributed by atoms with Gasteiger partial charge in [0.2, 0.25) is 0 Å². The summed E-state index contributed by atoms with van der Waals surface area (Å²) in [6.45, 7) is 4.52. The number of ether oxygens (including phenoxy) is 2. The van der Waals surface area contributed by atoms with Crippen LogP contribution in [0.25, 0.3) is 0 Å². The Bertz CT molecular complexity index is 412. The van der Waals surface area contributed by atoms with E-state index in [4.69, 9.17) is 9.47 Å². The fourth-order valence-corrected chi connectivity index (χ4v) is 1.77. The lowest BCUT2D eigenvalue weighted by Gasteiger charge is -2.32. The van der Waals surface area contributed by atoms with Crippen molar-refractivity contribution in [1.29, 1.82) is 0 Å². The van der Waals surface area contributed by atoms with Crippen LogP contribution in [0.3, 0.4) is 0 Å². The second-order valence-electron chi connectivity index (χ2n) is 5.07. The van der Waals surface area contributed by atoms with Crippen LogP contribution in [0, 0.1) is 0 Å². The summed E-state index contributed by atoms with van der Waals surface area (Å²) in [5.41, 5.74) is 0.606. The summed E-state index contributed by atoms with van der Waals surface area (Å²) in [7, 11) is 5.00. The van der Waals surface area contributed by atoms with E-state index in [1.54, 1.807) is 7.11 Å². The Labute approximate surface area is 115 Å². The maximum Gasteiger partial charge on any atom is 0.325 e. The quantitative estimate of drug-likeness (QED) is 0.739. The van der Waals surface area contributed by atoms with Gasteiger partial charge in [-0.15, -0.1) is 0 Å². The second-order valence-corrected chi connectivity index (χ2v) is 5.07. The monoisotopic (exact) mass is 265 g/mol. The maximum atomic E-state index is 11.7. The van der Waals surface area contributed by atoms with E-state index in [2.05, 4.69) is 0 Å². The molecule has 0 N–H and O–H groups in total. The molecule has 0 aromatic heterocycles. The first-order valence-corrected chi connectivity index (χ1v) is 6.34. The lowest BCUT2D eigenvalue weighted by molar-refractivity contribution is -0.152. The van der Waals surface area contributed by atoms with Crippen LogP contribution in [-0.2, 0) is 16.0 Å². The van der Waals surface area contributed by atoms with E-state index in [-0.39, 0.29) is 5.97 Å². The van der Waals surface area contributed by atoms with E-state index in [1.807, 2.05) is 50.1 Å². The molecule has 1 rings (SSSR count). The molecule has 1 aromatic carbocycles. The van der Waals surface area contributed by atoms with Crippen molar-refractivity contribution in [2.45, 2.75) is 25.8 Å². The van der Waals surface area contributed by atoms with Crippen LogP contribution in [0.2, 0.25) is 0 Å². The molecule has 0 bridgehead atoms. The van der Waals surface area contributed by atoms with Gasteiger partial charge in [0, 0.05) is 6.54 Å². The number of esters is 1. The smallest absolute Gasteiger partial charge is 0.325 e. The summed E-state index contributed by atoms with van der Waals surface area (Å²) < 4.78 is 9.94. The van der Waals surface area contributed by atoms with E-state index in [9.17, 15) is 4.79 Å². The first-order valence-electron chi connectivity index (χ1n) is 6.34. The predicted molar refractivity (Wildman–Crippen MR) is 75.4 cm³/mol. The molecule has 0 saturated carbocycles. The Balaban J connectivity index is 2.58. The molecule has 0 radical (unpaired) electrons. The number of hydrogen-bond acceptors (Lipinski definition) is 4. The lowest BCUT2D eigenvalue weighted by atomic mass is 10.0. The number of carbonyl (C=O) groups is 1. The number of methoxy groups -OCH3 is 2. The molecule has 106 valence electrons. The van der Waals surface area contributed by atoms with Gasteiger partial charge in [-0.25, -0.2) is 0 Å². The Hall–Kier alpha value is -1.55. The number of nitrogens with zero attached hydrogens (tertiary/aromatic N) is 1. The van der Waals surface area contributed by atoms with Gasteiger partial charge in [0.15, 0.2) is 0 Å². The fraction of sp³-hybridized carbons (Fsp3) is 0.533. The molecule has 4 heteroatoms. The molecule has 19 heavy (non-hydrogen) atoms. The van der Waals surface area contributed by atoms with Gasteiger partial charge in [-0.1, -0.05) is 12.1 Å². The molecule has 0 unspecified atom stereocenters. The van der Waals surface area contributed by atoms with Crippen LogP contribution in [0.1, 0.15) is 19.4 Å². The van der Waals surface area contributed by atoms with E-state index in [0.717, 1.165) is 18.7 Å². The molecule has 0 fully saturated rings. The Morgan fingerprint density at radius 3 is 2.26 bits per heavy atom. The topological polar surface area (TPSA) is 38.8 Å². The summed E-state index contributed by atoms with van der Waals surface area (Å²) in [5.74, 6) is 0.636. The molecule has 0 aliphatic carbocycles. The zero-order valence-electron chi connectivity index (χ0n) is 12.4. The Morgan fingerprint density at radius 2 is 1.79 bits per heavy atom. The molecular formula is C15H23NO3. The molecule has 0 atom stereocenters. The highest BCUT2D eigenvalue weighted by molar-refractivity contribution is 5.79. The van der Waals surface area contributed by atoms with Gasteiger partial charge in [-0.2, -0.15) is 0 Å². The molecule has 0 aliphatic rings. The third-order valence-corrected chi connectivity index (χ3v) is 3.53. The zero-order chi connectivity index (χ0) is 14.5. The minimum atomic E-state index is -0.610. The van der Waals surface area contributed by atoms with Crippen molar-refractivity contribution in [2.75, 3.05) is 27.8 Å². The number of hydrogen-bond donors (Lipinski definition) is 0. The zero-order valence-corrected chi connectivity index (χ0v) is 12.4. The number of likely N-dealkylation sites (N-methyl/N-ethyl adjacent to an activating group) is 1. The number of carbonyl (C=O) groups excluding carboxylic acids is 1. The van der Waals surface area contributed by atoms with E-state index >= 15 is 0 Å². The highest BCUT2D eigenvalue weighted by Crippen LogP contribution is 2.16. The third-order valence-electron chi connectivity index (χ3n) is 3.53. The standard InChI is InChI=1S/C15H23NO3/c1-15(2,14(17)19-5)16(3)11-10-12-6-8-13(18-4)9-7-12/h6-9H,10-11H2,1-5H3. The third kappa shape index (κ3) is 3.96. The van der Waals surface area contributed by atoms with Crippen LogP contribution in [0.4, 0.5) is 0 Å². The van der Waals surface area contributed by atoms with Gasteiger partial charge in [-0.05, 0) is 45.0 Å². The molecule has 4 nitrogen and oxygen atoms in total. The molecule has 0 saturated heterocycles. The van der Waals surface area contributed by atoms with Gasteiger partial charge in [0.05, 0.1) is 14.2 Å². The fourth-order valence-electron chi connectivity index (χ4n) is 1.77. The summed E-state index contributed by atoms with van der Waals surface area (Å²) in [6, 6.07) is 7.97. The van der Waals surface area contributed by atoms with Crippen molar-refractivity contribution in [3.05, 3.63) is 29.8 Å². The molecule has 0 heterocycles. The molecule has 0 amide bonds. The first kappa shape index (κ1) is 15.5. The minimum absolute atomic E-state index is 0.218. The predicted octanol–water partition coefficient (Wildman–Crippen LogP) is 2.12. The van der Waals surface area contributed by atoms with Gasteiger partial charge < -0.3 is 9.47 Å². The van der Waals surface area contributed by atoms with Crippen LogP contribution in [0.15, 0.2) is 24.3 Å². The Morgan fingerprint density at radius 1 is 1.21 bits per heavy atom. The van der Waals surface area contributed by atoms with Gasteiger partial charge in [0.1, 0.15) is 11.3 Å². The van der Waals surface area contributed by atoms with Crippen molar-refractivity contribution in [1.82, 2.24) is 4.90 Å². The summed E-state index contributed by atoms with van der Waals surface area (Å²) in [6.07, 6.45) is 0.876. The maximum absolute atomic E-state index is 11.7. The first-order chi connectivity index (χ1) is 8.91. The average Bonchev–Trinajstić information content (AvgIpc) is 2.44. The van der Waals surface area contributed by atoms with Crippen molar-refractivity contribution >= 4 is 5.97 Å². The summed E-state index contributed by atoms with van der Waals surface area (Å²) in [4.78, 5) is 13.7. The molecule has 1 aromatic rings. The van der Waals surface area contributed by atoms with Crippen LogP contribution < -0.4 is 4.74 Å². The van der Waals surface area contributed by atoms with E-state index in [1.165, 1.54) is 12.7 Å². The van der Waals surface area contributed by atoms with Gasteiger partial charge in [-0.3, -0.25) is 9.69 Å². The van der Waals surface area contributed by atoms with E-state index in [0.29, 0.717) is 0 Å². The molecule has 0 aliphatic heterocycles. The minimum Gasteiger partial charge on any atom is -0.497 e. The lowest BCUT2D eigenvalue weighted by Crippen LogP contribution is -2.49. The van der Waals surface area contributed by atoms with E-state index < -0.39 is 5.54 Å². The second kappa shape index (κ2) is 6.57. The average molecular weight is 265 g/mol.